The highest BCUT2D eigenvalue weighted by Gasteiger charge is 2.03. The normalized spacial score (nSPS) is 10.6. The van der Waals surface area contributed by atoms with Crippen LogP contribution in [-0.2, 0) is 0 Å². The molecule has 3 aromatic carbocycles. The first kappa shape index (κ1) is 23.2. The van der Waals surface area contributed by atoms with Crippen molar-refractivity contribution in [2.75, 3.05) is 18.4 Å². The summed E-state index contributed by atoms with van der Waals surface area (Å²) in [6.45, 7) is 1.04. The highest BCUT2D eigenvalue weighted by molar-refractivity contribution is 14.0. The van der Waals surface area contributed by atoms with Gasteiger partial charge in [0.1, 0.15) is 11.5 Å². The Morgan fingerprint density at radius 1 is 0.900 bits per heavy atom. The predicted molar refractivity (Wildman–Crippen MR) is 132 cm³/mol. The number of hydrogen-bond acceptors (Lipinski definition) is 3. The number of anilines is 1. The summed E-state index contributed by atoms with van der Waals surface area (Å²) >= 11 is 0. The second kappa shape index (κ2) is 12.5. The van der Waals surface area contributed by atoms with Gasteiger partial charge in [-0.15, -0.1) is 24.0 Å². The molecule has 0 aromatic heterocycles. The molecule has 0 radical (unpaired) electrons. The van der Waals surface area contributed by atoms with E-state index in [2.05, 4.69) is 15.6 Å². The number of amides is 1. The highest BCUT2D eigenvalue weighted by atomic mass is 127. The minimum absolute atomic E-state index is 0. The van der Waals surface area contributed by atoms with Crippen molar-refractivity contribution in [3.63, 3.8) is 0 Å². The number of benzene rings is 3. The summed E-state index contributed by atoms with van der Waals surface area (Å²) in [5.41, 5.74) is 7.39. The van der Waals surface area contributed by atoms with Crippen LogP contribution in [0.15, 0.2) is 89.9 Å². The van der Waals surface area contributed by atoms with Crippen LogP contribution in [0.2, 0.25) is 0 Å². The van der Waals surface area contributed by atoms with Crippen molar-refractivity contribution < 1.29 is 9.53 Å². The van der Waals surface area contributed by atoms with E-state index in [4.69, 9.17) is 10.5 Å². The number of carbonyl (C=O) groups is 1. The standard InChI is InChI=1S/C23H24N4O2.HI/c24-23(26-16-8-15-25-22(28)18-9-3-1-4-10-18)27-19-11-7-14-21(17-19)29-20-12-5-2-6-13-20;/h1-7,9-14,17H,8,15-16H2,(H,25,28)(H3,24,26,27);1H. The molecule has 1 amide bonds. The molecule has 0 saturated heterocycles. The van der Waals surface area contributed by atoms with Crippen LogP contribution in [0, 0.1) is 0 Å². The summed E-state index contributed by atoms with van der Waals surface area (Å²) < 4.78 is 5.81. The molecule has 4 N–H and O–H groups in total. The van der Waals surface area contributed by atoms with Crippen LogP contribution in [0.25, 0.3) is 0 Å². The number of carbonyl (C=O) groups excluding carboxylic acids is 1. The molecule has 3 rings (SSSR count). The molecular formula is C23H25IN4O2. The first-order chi connectivity index (χ1) is 14.2. The van der Waals surface area contributed by atoms with E-state index in [1.165, 1.54) is 0 Å². The van der Waals surface area contributed by atoms with E-state index in [1.54, 1.807) is 12.1 Å². The van der Waals surface area contributed by atoms with Crippen molar-refractivity contribution >= 4 is 41.5 Å². The minimum atomic E-state index is -0.0871. The quantitative estimate of drug-likeness (QED) is 0.176. The van der Waals surface area contributed by atoms with Gasteiger partial charge >= 0.3 is 0 Å². The Balaban J connectivity index is 0.00000320. The molecule has 6 nitrogen and oxygen atoms in total. The van der Waals surface area contributed by atoms with Crippen molar-refractivity contribution in [3.8, 4) is 11.5 Å². The van der Waals surface area contributed by atoms with Crippen molar-refractivity contribution in [1.29, 1.82) is 0 Å². The Labute approximate surface area is 193 Å². The summed E-state index contributed by atoms with van der Waals surface area (Å²) in [5.74, 6) is 1.70. The van der Waals surface area contributed by atoms with Crippen LogP contribution >= 0.6 is 24.0 Å². The maximum atomic E-state index is 11.9. The lowest BCUT2D eigenvalue weighted by molar-refractivity contribution is 0.0953. The molecule has 0 aliphatic rings. The van der Waals surface area contributed by atoms with Gasteiger partial charge in [0.2, 0.25) is 0 Å². The van der Waals surface area contributed by atoms with Gasteiger partial charge in [-0.3, -0.25) is 9.79 Å². The van der Waals surface area contributed by atoms with Crippen LogP contribution < -0.4 is 21.1 Å². The third kappa shape index (κ3) is 7.75. The number of hydrogen-bond donors (Lipinski definition) is 3. The molecule has 0 bridgehead atoms. The van der Waals surface area contributed by atoms with E-state index in [0.29, 0.717) is 36.8 Å². The monoisotopic (exact) mass is 516 g/mol. The van der Waals surface area contributed by atoms with Gasteiger partial charge in [-0.1, -0.05) is 42.5 Å². The topological polar surface area (TPSA) is 88.7 Å². The molecule has 0 heterocycles. The predicted octanol–water partition coefficient (Wildman–Crippen LogP) is 4.64. The van der Waals surface area contributed by atoms with E-state index in [1.807, 2.05) is 72.8 Å². The Morgan fingerprint density at radius 3 is 2.30 bits per heavy atom. The van der Waals surface area contributed by atoms with Gasteiger partial charge in [-0.2, -0.15) is 0 Å². The van der Waals surface area contributed by atoms with E-state index < -0.39 is 0 Å². The van der Waals surface area contributed by atoms with Crippen molar-refractivity contribution in [1.82, 2.24) is 5.32 Å². The second-order valence-corrected chi connectivity index (χ2v) is 6.31. The van der Waals surface area contributed by atoms with Gasteiger partial charge in [0.25, 0.3) is 5.91 Å². The fraction of sp³-hybridized carbons (Fsp3) is 0.130. The molecule has 3 aromatic rings. The first-order valence-electron chi connectivity index (χ1n) is 9.44. The molecule has 0 fully saturated rings. The number of para-hydroxylation sites is 1. The number of nitrogens with zero attached hydrogens (tertiary/aromatic N) is 1. The molecule has 156 valence electrons. The fourth-order valence-electron chi connectivity index (χ4n) is 2.62. The molecule has 0 aliphatic carbocycles. The van der Waals surface area contributed by atoms with Gasteiger partial charge in [0.15, 0.2) is 5.96 Å². The zero-order valence-corrected chi connectivity index (χ0v) is 18.8. The average molecular weight is 516 g/mol. The maximum Gasteiger partial charge on any atom is 0.251 e. The first-order valence-corrected chi connectivity index (χ1v) is 9.44. The molecule has 0 spiro atoms. The van der Waals surface area contributed by atoms with Crippen LogP contribution in [0.4, 0.5) is 5.69 Å². The van der Waals surface area contributed by atoms with Gasteiger partial charge in [0.05, 0.1) is 0 Å². The summed E-state index contributed by atoms with van der Waals surface area (Å²) in [5, 5.41) is 5.92. The van der Waals surface area contributed by atoms with E-state index in [0.717, 1.165) is 11.4 Å². The SMILES string of the molecule is I.NC(=NCCCNC(=O)c1ccccc1)Nc1cccc(Oc2ccccc2)c1. The van der Waals surface area contributed by atoms with E-state index >= 15 is 0 Å². The van der Waals surface area contributed by atoms with Gasteiger partial charge in [-0.05, 0) is 42.8 Å². The molecule has 0 aliphatic heterocycles. The number of halogens is 1. The molecule has 0 unspecified atom stereocenters. The summed E-state index contributed by atoms with van der Waals surface area (Å²) in [6, 6.07) is 26.2. The number of nitrogens with one attached hydrogen (secondary N) is 2. The van der Waals surface area contributed by atoms with Gasteiger partial charge in [-0.25, -0.2) is 0 Å². The zero-order chi connectivity index (χ0) is 20.3. The van der Waals surface area contributed by atoms with Gasteiger partial charge < -0.3 is 21.1 Å². The van der Waals surface area contributed by atoms with Gasteiger partial charge in [0, 0.05) is 30.4 Å². The third-order valence-electron chi connectivity index (χ3n) is 4.02. The lowest BCUT2D eigenvalue weighted by Crippen LogP contribution is -2.26. The number of ether oxygens (including phenoxy) is 1. The molecular weight excluding hydrogens is 491 g/mol. The molecule has 0 saturated carbocycles. The van der Waals surface area contributed by atoms with Crippen molar-refractivity contribution in [2.24, 2.45) is 10.7 Å². The van der Waals surface area contributed by atoms with E-state index in [9.17, 15) is 4.79 Å². The third-order valence-corrected chi connectivity index (χ3v) is 4.02. The van der Waals surface area contributed by atoms with E-state index in [-0.39, 0.29) is 29.9 Å². The van der Waals surface area contributed by atoms with Crippen LogP contribution in [0.3, 0.4) is 0 Å². The average Bonchev–Trinajstić information content (AvgIpc) is 2.75. The molecule has 0 atom stereocenters. The lowest BCUT2D eigenvalue weighted by atomic mass is 10.2. The fourth-order valence-corrected chi connectivity index (χ4v) is 2.62. The molecule has 30 heavy (non-hydrogen) atoms. The number of aliphatic imine (C=N–C) groups is 1. The summed E-state index contributed by atoms with van der Waals surface area (Å²) in [6.07, 6.45) is 0.693. The second-order valence-electron chi connectivity index (χ2n) is 6.31. The summed E-state index contributed by atoms with van der Waals surface area (Å²) in [7, 11) is 0. The number of nitrogens with two attached hydrogens (primary N) is 1. The highest BCUT2D eigenvalue weighted by Crippen LogP contribution is 2.23. The minimum Gasteiger partial charge on any atom is -0.457 e. The Hall–Kier alpha value is -3.07. The Bertz CT molecular complexity index is 950. The number of rotatable bonds is 8. The smallest absolute Gasteiger partial charge is 0.251 e. The zero-order valence-electron chi connectivity index (χ0n) is 16.5. The largest absolute Gasteiger partial charge is 0.457 e. The van der Waals surface area contributed by atoms with Crippen LogP contribution in [-0.4, -0.2) is 25.0 Å². The van der Waals surface area contributed by atoms with Crippen LogP contribution in [0.1, 0.15) is 16.8 Å². The maximum absolute atomic E-state index is 11.9. The van der Waals surface area contributed by atoms with Crippen molar-refractivity contribution in [2.45, 2.75) is 6.42 Å². The Morgan fingerprint density at radius 2 is 1.57 bits per heavy atom. The Kier molecular flexibility index (Phi) is 9.66. The number of guanidine groups is 1. The van der Waals surface area contributed by atoms with Crippen LogP contribution in [0.5, 0.6) is 11.5 Å². The summed E-state index contributed by atoms with van der Waals surface area (Å²) in [4.78, 5) is 16.2. The van der Waals surface area contributed by atoms with Crippen molar-refractivity contribution in [3.05, 3.63) is 90.5 Å². The molecule has 7 heteroatoms. The lowest BCUT2D eigenvalue weighted by Gasteiger charge is -2.09.